The number of hydrogen-bond acceptors (Lipinski definition) is 2. The molecule has 0 fully saturated rings. The first-order valence-corrected chi connectivity index (χ1v) is 2.71. The van der Waals surface area contributed by atoms with Crippen molar-refractivity contribution in [2.24, 2.45) is 10.7 Å². The molecule has 0 spiro atoms. The zero-order valence-electron chi connectivity index (χ0n) is 5.17. The molecule has 0 amide bonds. The molecule has 0 unspecified atom stereocenters. The molecular formula is C6H12N2. The Morgan fingerprint density at radius 1 is 1.62 bits per heavy atom. The van der Waals surface area contributed by atoms with E-state index in [0.29, 0.717) is 6.54 Å². The van der Waals surface area contributed by atoms with E-state index in [0.717, 1.165) is 6.54 Å². The lowest BCUT2D eigenvalue weighted by Crippen LogP contribution is -1.98. The summed E-state index contributed by atoms with van der Waals surface area (Å²) >= 11 is 0. The van der Waals surface area contributed by atoms with Crippen LogP contribution in [0.2, 0.25) is 0 Å². The molecule has 0 aromatic carbocycles. The highest BCUT2D eigenvalue weighted by Gasteiger charge is 1.65. The van der Waals surface area contributed by atoms with Gasteiger partial charge in [-0.05, 0) is 6.92 Å². The van der Waals surface area contributed by atoms with Gasteiger partial charge in [0.05, 0.1) is 6.54 Å². The largest absolute Gasteiger partial charge is 0.326 e. The molecule has 0 aromatic rings. The van der Waals surface area contributed by atoms with Gasteiger partial charge in [0.2, 0.25) is 0 Å². The summed E-state index contributed by atoms with van der Waals surface area (Å²) in [5.41, 5.74) is 5.14. The lowest BCUT2D eigenvalue weighted by molar-refractivity contribution is 1.22. The summed E-state index contributed by atoms with van der Waals surface area (Å²) in [5.74, 6) is 0. The summed E-state index contributed by atoms with van der Waals surface area (Å²) < 4.78 is 0. The predicted molar refractivity (Wildman–Crippen MR) is 37.2 cm³/mol. The molecule has 2 N–H and O–H groups in total. The average molecular weight is 112 g/mol. The molecule has 8 heavy (non-hydrogen) atoms. The summed E-state index contributed by atoms with van der Waals surface area (Å²) in [6.07, 6.45) is 5.65. The van der Waals surface area contributed by atoms with Crippen molar-refractivity contribution in [3.63, 3.8) is 0 Å². The highest BCUT2D eigenvalue weighted by atomic mass is 14.7. The Hall–Kier alpha value is -0.630. The molecule has 0 bridgehead atoms. The lowest BCUT2D eigenvalue weighted by atomic mass is 10.5. The molecule has 0 radical (unpaired) electrons. The first kappa shape index (κ1) is 7.37. The van der Waals surface area contributed by atoms with Gasteiger partial charge in [-0.3, -0.25) is 4.99 Å². The molecule has 0 aliphatic carbocycles. The molecule has 0 atom stereocenters. The maximum atomic E-state index is 5.14. The first-order chi connectivity index (χ1) is 3.91. The molecule has 0 saturated carbocycles. The third-order valence-electron chi connectivity index (χ3n) is 0.681. The van der Waals surface area contributed by atoms with Gasteiger partial charge in [-0.15, -0.1) is 0 Å². The second kappa shape index (κ2) is 6.37. The van der Waals surface area contributed by atoms with E-state index in [-0.39, 0.29) is 0 Å². The third-order valence-corrected chi connectivity index (χ3v) is 0.681. The monoisotopic (exact) mass is 112 g/mol. The van der Waals surface area contributed by atoms with Crippen LogP contribution in [0.4, 0.5) is 0 Å². The fourth-order valence-corrected chi connectivity index (χ4v) is 0.315. The van der Waals surface area contributed by atoms with Gasteiger partial charge in [0.15, 0.2) is 0 Å². The minimum Gasteiger partial charge on any atom is -0.326 e. The summed E-state index contributed by atoms with van der Waals surface area (Å²) in [6.45, 7) is 3.27. The minimum absolute atomic E-state index is 0.539. The van der Waals surface area contributed by atoms with Crippen molar-refractivity contribution < 1.29 is 0 Å². The van der Waals surface area contributed by atoms with Crippen molar-refractivity contribution >= 4 is 6.21 Å². The van der Waals surface area contributed by atoms with Crippen LogP contribution >= 0.6 is 0 Å². The molecule has 0 rings (SSSR count). The van der Waals surface area contributed by atoms with E-state index in [1.54, 1.807) is 6.21 Å². The molecule has 2 heteroatoms. The Kier molecular flexibility index (Phi) is 5.87. The summed E-state index contributed by atoms with van der Waals surface area (Å²) in [5, 5.41) is 0. The number of hydrogen-bond donors (Lipinski definition) is 1. The topological polar surface area (TPSA) is 38.4 Å². The standard InChI is InChI=1S/C6H12N2/c1-2-3-5-8-6-4-7/h2-3,6H,4-5,7H2,1H3. The molecule has 2 nitrogen and oxygen atoms in total. The Bertz CT molecular complexity index is 84.5. The number of aliphatic imine (C=N–C) groups is 1. The molecule has 0 aromatic heterocycles. The van der Waals surface area contributed by atoms with Gasteiger partial charge in [-0.1, -0.05) is 12.2 Å². The maximum absolute atomic E-state index is 5.14. The highest BCUT2D eigenvalue weighted by Crippen LogP contribution is 1.70. The molecule has 0 heterocycles. The maximum Gasteiger partial charge on any atom is 0.0566 e. The van der Waals surface area contributed by atoms with Crippen LogP contribution in [0.25, 0.3) is 0 Å². The van der Waals surface area contributed by atoms with E-state index >= 15 is 0 Å². The number of nitrogens with two attached hydrogens (primary N) is 1. The smallest absolute Gasteiger partial charge is 0.0566 e. The van der Waals surface area contributed by atoms with Gasteiger partial charge in [0.1, 0.15) is 0 Å². The molecule has 0 saturated heterocycles. The average Bonchev–Trinajstić information content (AvgIpc) is 1.81. The number of rotatable bonds is 3. The summed E-state index contributed by atoms with van der Waals surface area (Å²) in [4.78, 5) is 3.94. The number of nitrogens with zero attached hydrogens (tertiary/aromatic N) is 1. The highest BCUT2D eigenvalue weighted by molar-refractivity contribution is 5.59. The summed E-state index contributed by atoms with van der Waals surface area (Å²) in [7, 11) is 0. The van der Waals surface area contributed by atoms with Crippen LogP contribution in [0.3, 0.4) is 0 Å². The van der Waals surface area contributed by atoms with E-state index in [2.05, 4.69) is 4.99 Å². The van der Waals surface area contributed by atoms with Crippen LogP contribution in [-0.4, -0.2) is 19.3 Å². The SMILES string of the molecule is CC=CCN=CCN. The van der Waals surface area contributed by atoms with Crippen LogP contribution in [0, 0.1) is 0 Å². The van der Waals surface area contributed by atoms with Crippen LogP contribution < -0.4 is 5.73 Å². The van der Waals surface area contributed by atoms with Crippen molar-refractivity contribution in [3.8, 4) is 0 Å². The van der Waals surface area contributed by atoms with Crippen molar-refractivity contribution in [2.45, 2.75) is 6.92 Å². The van der Waals surface area contributed by atoms with E-state index < -0.39 is 0 Å². The normalized spacial score (nSPS) is 11.8. The van der Waals surface area contributed by atoms with Gasteiger partial charge in [0, 0.05) is 12.8 Å². The van der Waals surface area contributed by atoms with Gasteiger partial charge >= 0.3 is 0 Å². The van der Waals surface area contributed by atoms with E-state index in [1.807, 2.05) is 19.1 Å². The fourth-order valence-electron chi connectivity index (χ4n) is 0.315. The molecule has 0 aliphatic rings. The van der Waals surface area contributed by atoms with E-state index in [4.69, 9.17) is 5.73 Å². The van der Waals surface area contributed by atoms with Crippen molar-refractivity contribution in [3.05, 3.63) is 12.2 Å². The molecule has 46 valence electrons. The molecular weight excluding hydrogens is 100 g/mol. The third kappa shape index (κ3) is 5.37. The number of allylic oxidation sites excluding steroid dienone is 1. The first-order valence-electron chi connectivity index (χ1n) is 2.71. The minimum atomic E-state index is 0.539. The van der Waals surface area contributed by atoms with Crippen molar-refractivity contribution in [1.82, 2.24) is 0 Å². The Morgan fingerprint density at radius 3 is 2.88 bits per heavy atom. The van der Waals surface area contributed by atoms with Gasteiger partial charge < -0.3 is 5.73 Å². The lowest BCUT2D eigenvalue weighted by Gasteiger charge is -1.79. The van der Waals surface area contributed by atoms with Gasteiger partial charge in [-0.2, -0.15) is 0 Å². The van der Waals surface area contributed by atoms with Crippen molar-refractivity contribution in [1.29, 1.82) is 0 Å². The quantitative estimate of drug-likeness (QED) is 0.421. The van der Waals surface area contributed by atoms with Crippen molar-refractivity contribution in [2.75, 3.05) is 13.1 Å². The molecule has 0 aliphatic heterocycles. The second-order valence-electron chi connectivity index (χ2n) is 1.35. The zero-order valence-corrected chi connectivity index (χ0v) is 5.17. The second-order valence-corrected chi connectivity index (χ2v) is 1.35. The summed E-state index contributed by atoms with van der Waals surface area (Å²) in [6, 6.07) is 0. The van der Waals surface area contributed by atoms with Crippen LogP contribution in [0.15, 0.2) is 17.1 Å². The van der Waals surface area contributed by atoms with Gasteiger partial charge in [0.25, 0.3) is 0 Å². The fraction of sp³-hybridized carbons (Fsp3) is 0.500. The van der Waals surface area contributed by atoms with Crippen LogP contribution in [-0.2, 0) is 0 Å². The van der Waals surface area contributed by atoms with E-state index in [1.165, 1.54) is 0 Å². The Morgan fingerprint density at radius 2 is 2.38 bits per heavy atom. The van der Waals surface area contributed by atoms with Crippen LogP contribution in [0.1, 0.15) is 6.92 Å². The van der Waals surface area contributed by atoms with Crippen LogP contribution in [0.5, 0.6) is 0 Å². The Labute approximate surface area is 50.1 Å². The van der Waals surface area contributed by atoms with Gasteiger partial charge in [-0.25, -0.2) is 0 Å². The predicted octanol–water partition coefficient (Wildman–Crippen LogP) is 0.592. The Balaban J connectivity index is 3.03. The van der Waals surface area contributed by atoms with E-state index in [9.17, 15) is 0 Å². The zero-order chi connectivity index (χ0) is 6.24.